The summed E-state index contributed by atoms with van der Waals surface area (Å²) in [7, 11) is 0. The van der Waals surface area contributed by atoms with Crippen LogP contribution in [0.4, 0.5) is 0 Å². The second kappa shape index (κ2) is 7.63. The Hall–Kier alpha value is -0.900. The molecule has 0 aromatic rings. The molecule has 4 heteroatoms. The average Bonchev–Trinajstić information content (AvgIpc) is 2.37. The van der Waals surface area contributed by atoms with Crippen molar-refractivity contribution in [2.24, 2.45) is 11.8 Å². The number of carbonyl (C=O) groups is 2. The molecule has 0 bridgehead atoms. The Morgan fingerprint density at radius 2 is 2.05 bits per heavy atom. The van der Waals surface area contributed by atoms with E-state index in [-0.39, 0.29) is 23.7 Å². The minimum absolute atomic E-state index is 0.104. The van der Waals surface area contributed by atoms with E-state index < -0.39 is 0 Å². The molecule has 0 radical (unpaired) electrons. The third-order valence-corrected chi connectivity index (χ3v) is 4.24. The van der Waals surface area contributed by atoms with Gasteiger partial charge in [-0.1, -0.05) is 20.3 Å². The molecule has 110 valence electrons. The van der Waals surface area contributed by atoms with Crippen LogP contribution in [-0.2, 0) is 9.59 Å². The number of carbonyl (C=O) groups excluding carboxylic acids is 2. The summed E-state index contributed by atoms with van der Waals surface area (Å²) in [6.07, 6.45) is 3.65. The lowest BCUT2D eigenvalue weighted by Crippen LogP contribution is -2.45. The van der Waals surface area contributed by atoms with E-state index in [0.717, 1.165) is 32.2 Å². The zero-order valence-corrected chi connectivity index (χ0v) is 12.4. The molecule has 3 atom stereocenters. The van der Waals surface area contributed by atoms with Crippen LogP contribution in [0.3, 0.4) is 0 Å². The first-order valence-corrected chi connectivity index (χ1v) is 7.38. The van der Waals surface area contributed by atoms with Crippen molar-refractivity contribution >= 4 is 11.7 Å². The number of amides is 1. The first-order valence-electron chi connectivity index (χ1n) is 7.38. The van der Waals surface area contributed by atoms with Crippen LogP contribution in [-0.4, -0.2) is 40.9 Å². The monoisotopic (exact) mass is 269 g/mol. The maximum absolute atomic E-state index is 12.0. The number of rotatable bonds is 6. The standard InChI is InChI=1S/C15H27NO3/c1-11(13(3)17)6-4-5-7-15(19)16-9-8-12(2)14(18)10-16/h11-12,14,18H,4-10H2,1-3H3. The summed E-state index contributed by atoms with van der Waals surface area (Å²) in [6.45, 7) is 6.82. The third kappa shape index (κ3) is 5.31. The van der Waals surface area contributed by atoms with E-state index in [1.165, 1.54) is 0 Å². The number of hydrogen-bond donors (Lipinski definition) is 1. The van der Waals surface area contributed by atoms with E-state index in [1.54, 1.807) is 11.8 Å². The fourth-order valence-electron chi connectivity index (χ4n) is 2.36. The summed E-state index contributed by atoms with van der Waals surface area (Å²) in [4.78, 5) is 24.8. The van der Waals surface area contributed by atoms with Gasteiger partial charge in [-0.25, -0.2) is 0 Å². The molecule has 0 aliphatic carbocycles. The van der Waals surface area contributed by atoms with Gasteiger partial charge in [-0.3, -0.25) is 9.59 Å². The molecule has 1 heterocycles. The van der Waals surface area contributed by atoms with E-state index in [0.29, 0.717) is 18.9 Å². The average molecular weight is 269 g/mol. The van der Waals surface area contributed by atoms with E-state index in [9.17, 15) is 14.7 Å². The Balaban J connectivity index is 2.19. The van der Waals surface area contributed by atoms with Crippen LogP contribution >= 0.6 is 0 Å². The van der Waals surface area contributed by atoms with Crippen LogP contribution in [0.25, 0.3) is 0 Å². The molecule has 1 aliphatic rings. The van der Waals surface area contributed by atoms with Crippen LogP contribution < -0.4 is 0 Å². The molecular formula is C15H27NO3. The van der Waals surface area contributed by atoms with E-state index in [4.69, 9.17) is 0 Å². The van der Waals surface area contributed by atoms with Crippen LogP contribution in [0, 0.1) is 11.8 Å². The second-order valence-electron chi connectivity index (χ2n) is 5.93. The van der Waals surface area contributed by atoms with Gasteiger partial charge in [0.15, 0.2) is 0 Å². The fraction of sp³-hybridized carbons (Fsp3) is 0.867. The van der Waals surface area contributed by atoms with Gasteiger partial charge in [0.25, 0.3) is 0 Å². The van der Waals surface area contributed by atoms with Gasteiger partial charge < -0.3 is 10.0 Å². The van der Waals surface area contributed by atoms with Gasteiger partial charge in [-0.2, -0.15) is 0 Å². The van der Waals surface area contributed by atoms with Gasteiger partial charge in [-0.05, 0) is 32.1 Å². The van der Waals surface area contributed by atoms with E-state index >= 15 is 0 Å². The maximum Gasteiger partial charge on any atom is 0.222 e. The number of unbranched alkanes of at least 4 members (excludes halogenated alkanes) is 1. The Morgan fingerprint density at radius 3 is 2.63 bits per heavy atom. The Bertz CT molecular complexity index is 317. The van der Waals surface area contributed by atoms with Crippen LogP contribution in [0.2, 0.25) is 0 Å². The predicted molar refractivity (Wildman–Crippen MR) is 74.7 cm³/mol. The van der Waals surface area contributed by atoms with Gasteiger partial charge in [0.1, 0.15) is 5.78 Å². The number of nitrogens with zero attached hydrogens (tertiary/aromatic N) is 1. The van der Waals surface area contributed by atoms with Gasteiger partial charge >= 0.3 is 0 Å². The van der Waals surface area contributed by atoms with Crippen LogP contribution in [0.15, 0.2) is 0 Å². The lowest BCUT2D eigenvalue weighted by molar-refractivity contribution is -0.135. The molecule has 1 rings (SSSR count). The SMILES string of the molecule is CC(=O)C(C)CCCCC(=O)N1CCC(C)C(O)C1. The van der Waals surface area contributed by atoms with Crippen molar-refractivity contribution in [3.05, 3.63) is 0 Å². The van der Waals surface area contributed by atoms with E-state index in [1.807, 2.05) is 13.8 Å². The fourth-order valence-corrected chi connectivity index (χ4v) is 2.36. The minimum atomic E-state index is -0.379. The lowest BCUT2D eigenvalue weighted by Gasteiger charge is -2.34. The zero-order chi connectivity index (χ0) is 14.4. The van der Waals surface area contributed by atoms with Gasteiger partial charge in [-0.15, -0.1) is 0 Å². The predicted octanol–water partition coefficient (Wildman–Crippen LogP) is 2.00. The molecule has 0 aromatic heterocycles. The van der Waals surface area contributed by atoms with Gasteiger partial charge in [0, 0.05) is 25.4 Å². The third-order valence-electron chi connectivity index (χ3n) is 4.24. The summed E-state index contributed by atoms with van der Waals surface area (Å²) in [5.74, 6) is 0.758. The van der Waals surface area contributed by atoms with Gasteiger partial charge in [0.05, 0.1) is 6.10 Å². The highest BCUT2D eigenvalue weighted by atomic mass is 16.3. The lowest BCUT2D eigenvalue weighted by atomic mass is 9.95. The number of β-amino-alcohol motifs (C(OH)–C–C–N with tert-alkyl or cyclic N) is 1. The molecule has 1 N–H and O–H groups in total. The molecule has 0 spiro atoms. The van der Waals surface area contributed by atoms with Crippen molar-refractivity contribution in [1.29, 1.82) is 0 Å². The summed E-state index contributed by atoms with van der Waals surface area (Å²) in [5.41, 5.74) is 0. The van der Waals surface area contributed by atoms with Crippen molar-refractivity contribution in [1.82, 2.24) is 4.90 Å². The molecule has 0 aromatic carbocycles. The normalized spacial score (nSPS) is 25.2. The quantitative estimate of drug-likeness (QED) is 0.750. The van der Waals surface area contributed by atoms with Crippen molar-refractivity contribution in [3.8, 4) is 0 Å². The number of aliphatic hydroxyl groups is 1. The molecule has 1 amide bonds. The van der Waals surface area contributed by atoms with E-state index in [2.05, 4.69) is 0 Å². The van der Waals surface area contributed by atoms with Crippen molar-refractivity contribution in [2.45, 2.75) is 59.0 Å². The van der Waals surface area contributed by atoms with Crippen LogP contribution in [0.5, 0.6) is 0 Å². The summed E-state index contributed by atoms with van der Waals surface area (Å²) < 4.78 is 0. The largest absolute Gasteiger partial charge is 0.391 e. The number of Topliss-reactive ketones (excluding diaryl/α,β-unsaturated/α-hetero) is 1. The van der Waals surface area contributed by atoms with Crippen molar-refractivity contribution in [2.75, 3.05) is 13.1 Å². The number of aliphatic hydroxyl groups excluding tert-OH is 1. The smallest absolute Gasteiger partial charge is 0.222 e. The number of piperidine rings is 1. The summed E-state index contributed by atoms with van der Waals surface area (Å²) in [6, 6.07) is 0. The molecular weight excluding hydrogens is 242 g/mol. The highest BCUT2D eigenvalue weighted by molar-refractivity contribution is 5.78. The summed E-state index contributed by atoms with van der Waals surface area (Å²) >= 11 is 0. The zero-order valence-electron chi connectivity index (χ0n) is 12.4. The number of ketones is 1. The highest BCUT2D eigenvalue weighted by Crippen LogP contribution is 2.18. The molecule has 1 fully saturated rings. The minimum Gasteiger partial charge on any atom is -0.391 e. The molecule has 0 saturated carbocycles. The Labute approximate surface area is 116 Å². The maximum atomic E-state index is 12.0. The topological polar surface area (TPSA) is 57.6 Å². The van der Waals surface area contributed by atoms with Crippen molar-refractivity contribution < 1.29 is 14.7 Å². The molecule has 19 heavy (non-hydrogen) atoms. The first kappa shape index (κ1) is 16.2. The number of hydrogen-bond acceptors (Lipinski definition) is 3. The van der Waals surface area contributed by atoms with Gasteiger partial charge in [0.2, 0.25) is 5.91 Å². The summed E-state index contributed by atoms with van der Waals surface area (Å²) in [5, 5.41) is 9.77. The molecule has 4 nitrogen and oxygen atoms in total. The highest BCUT2D eigenvalue weighted by Gasteiger charge is 2.26. The van der Waals surface area contributed by atoms with Crippen molar-refractivity contribution in [3.63, 3.8) is 0 Å². The van der Waals surface area contributed by atoms with Crippen LogP contribution in [0.1, 0.15) is 52.9 Å². The second-order valence-corrected chi connectivity index (χ2v) is 5.93. The molecule has 3 unspecified atom stereocenters. The Morgan fingerprint density at radius 1 is 1.37 bits per heavy atom. The number of likely N-dealkylation sites (tertiary alicyclic amines) is 1. The first-order chi connectivity index (χ1) is 8.91. The molecule has 1 aliphatic heterocycles. The Kier molecular flexibility index (Phi) is 6.49. The molecule has 1 saturated heterocycles.